The standard InChI is InChI=1S/C15H17BrN2O5/c1-2-6-23-9-12(15(21)22)18-13(19)8-17-14(20)10-4-3-5-11(16)7-10/h2-5,7,12H,1,6,8-9H2,(H,17,20)(H,18,19)(H,21,22). The Bertz CT molecular complexity index is 591. The van der Waals surface area contributed by atoms with Crippen molar-refractivity contribution in [3.8, 4) is 0 Å². The molecule has 2 amide bonds. The summed E-state index contributed by atoms with van der Waals surface area (Å²) >= 11 is 3.24. The Morgan fingerprint density at radius 1 is 1.39 bits per heavy atom. The van der Waals surface area contributed by atoms with Gasteiger partial charge in [0, 0.05) is 10.0 Å². The molecule has 0 heterocycles. The SMILES string of the molecule is C=CCOCC(NC(=O)CNC(=O)c1cccc(Br)c1)C(=O)O. The lowest BCUT2D eigenvalue weighted by Gasteiger charge is -2.14. The lowest BCUT2D eigenvalue weighted by molar-refractivity contribution is -0.143. The van der Waals surface area contributed by atoms with Crippen LogP contribution in [-0.4, -0.2) is 48.7 Å². The number of ether oxygens (including phenoxy) is 1. The molecule has 0 fully saturated rings. The highest BCUT2D eigenvalue weighted by molar-refractivity contribution is 9.10. The van der Waals surface area contributed by atoms with E-state index in [-0.39, 0.29) is 19.8 Å². The fraction of sp³-hybridized carbons (Fsp3) is 0.267. The van der Waals surface area contributed by atoms with Crippen molar-refractivity contribution in [2.45, 2.75) is 6.04 Å². The van der Waals surface area contributed by atoms with Crippen LogP contribution in [0, 0.1) is 0 Å². The maximum absolute atomic E-state index is 11.9. The van der Waals surface area contributed by atoms with E-state index in [9.17, 15) is 14.4 Å². The zero-order chi connectivity index (χ0) is 17.2. The Balaban J connectivity index is 2.46. The van der Waals surface area contributed by atoms with Gasteiger partial charge in [0.2, 0.25) is 5.91 Å². The van der Waals surface area contributed by atoms with Crippen LogP contribution >= 0.6 is 15.9 Å². The molecule has 0 spiro atoms. The van der Waals surface area contributed by atoms with Crippen molar-refractivity contribution in [3.05, 3.63) is 47.0 Å². The van der Waals surface area contributed by atoms with E-state index < -0.39 is 23.8 Å². The van der Waals surface area contributed by atoms with Crippen molar-refractivity contribution < 1.29 is 24.2 Å². The molecule has 1 atom stereocenters. The monoisotopic (exact) mass is 384 g/mol. The second-order valence-electron chi connectivity index (χ2n) is 4.48. The molecule has 23 heavy (non-hydrogen) atoms. The number of hydrogen-bond acceptors (Lipinski definition) is 4. The average Bonchev–Trinajstić information content (AvgIpc) is 2.51. The molecule has 0 aliphatic rings. The number of amides is 2. The minimum Gasteiger partial charge on any atom is -0.480 e. The molecule has 0 saturated carbocycles. The molecule has 0 bridgehead atoms. The van der Waals surface area contributed by atoms with Gasteiger partial charge in [-0.2, -0.15) is 0 Å². The first kappa shape index (κ1) is 18.9. The van der Waals surface area contributed by atoms with Gasteiger partial charge < -0.3 is 20.5 Å². The lowest BCUT2D eigenvalue weighted by Crippen LogP contribution is -2.47. The summed E-state index contributed by atoms with van der Waals surface area (Å²) in [6.07, 6.45) is 1.47. The number of carbonyl (C=O) groups is 3. The van der Waals surface area contributed by atoms with E-state index in [1.807, 2.05) is 0 Å². The molecule has 0 aromatic heterocycles. The van der Waals surface area contributed by atoms with Crippen molar-refractivity contribution in [1.82, 2.24) is 10.6 Å². The Kier molecular flexibility index (Phi) is 8.00. The lowest BCUT2D eigenvalue weighted by atomic mass is 10.2. The molecule has 0 radical (unpaired) electrons. The first-order chi connectivity index (χ1) is 10.9. The van der Waals surface area contributed by atoms with Crippen LogP contribution in [0.3, 0.4) is 0 Å². The molecule has 8 heteroatoms. The highest BCUT2D eigenvalue weighted by Gasteiger charge is 2.20. The van der Waals surface area contributed by atoms with E-state index in [4.69, 9.17) is 9.84 Å². The average molecular weight is 385 g/mol. The van der Waals surface area contributed by atoms with Gasteiger partial charge in [-0.3, -0.25) is 9.59 Å². The molecule has 0 aliphatic carbocycles. The van der Waals surface area contributed by atoms with E-state index in [2.05, 4.69) is 33.1 Å². The molecular weight excluding hydrogens is 368 g/mol. The van der Waals surface area contributed by atoms with Crippen LogP contribution in [0.1, 0.15) is 10.4 Å². The van der Waals surface area contributed by atoms with E-state index in [0.29, 0.717) is 5.56 Å². The smallest absolute Gasteiger partial charge is 0.328 e. The third kappa shape index (κ3) is 7.07. The summed E-state index contributed by atoms with van der Waals surface area (Å²) in [4.78, 5) is 34.6. The van der Waals surface area contributed by atoms with Gasteiger partial charge in [0.25, 0.3) is 5.91 Å². The number of carboxylic acid groups (broad SMARTS) is 1. The normalized spacial score (nSPS) is 11.3. The van der Waals surface area contributed by atoms with Gasteiger partial charge in [-0.25, -0.2) is 4.79 Å². The van der Waals surface area contributed by atoms with Crippen LogP contribution in [-0.2, 0) is 14.3 Å². The van der Waals surface area contributed by atoms with Crippen LogP contribution in [0.4, 0.5) is 0 Å². The fourth-order valence-corrected chi connectivity index (χ4v) is 1.98. The Hall–Kier alpha value is -2.19. The van der Waals surface area contributed by atoms with Gasteiger partial charge in [0.05, 0.1) is 19.8 Å². The van der Waals surface area contributed by atoms with E-state index >= 15 is 0 Å². The van der Waals surface area contributed by atoms with Crippen molar-refractivity contribution in [2.75, 3.05) is 19.8 Å². The highest BCUT2D eigenvalue weighted by atomic mass is 79.9. The Morgan fingerprint density at radius 3 is 2.74 bits per heavy atom. The summed E-state index contributed by atoms with van der Waals surface area (Å²) in [6, 6.07) is 5.48. The predicted octanol–water partition coefficient (Wildman–Crippen LogP) is 0.951. The molecule has 7 nitrogen and oxygen atoms in total. The second kappa shape index (κ2) is 9.75. The van der Waals surface area contributed by atoms with E-state index in [0.717, 1.165) is 4.47 Å². The van der Waals surface area contributed by atoms with Crippen molar-refractivity contribution in [3.63, 3.8) is 0 Å². The number of benzene rings is 1. The van der Waals surface area contributed by atoms with Crippen LogP contribution in [0.15, 0.2) is 41.4 Å². The molecule has 1 rings (SSSR count). The molecule has 0 aliphatic heterocycles. The summed E-state index contributed by atoms with van der Waals surface area (Å²) in [5.74, 6) is -2.28. The number of carboxylic acids is 1. The van der Waals surface area contributed by atoms with Gasteiger partial charge >= 0.3 is 5.97 Å². The van der Waals surface area contributed by atoms with Crippen LogP contribution in [0.2, 0.25) is 0 Å². The number of hydrogen-bond donors (Lipinski definition) is 3. The molecule has 124 valence electrons. The summed E-state index contributed by atoms with van der Waals surface area (Å²) < 4.78 is 5.75. The predicted molar refractivity (Wildman–Crippen MR) is 87.1 cm³/mol. The quantitative estimate of drug-likeness (QED) is 0.434. The fourth-order valence-electron chi connectivity index (χ4n) is 1.58. The summed E-state index contributed by atoms with van der Waals surface area (Å²) in [5, 5.41) is 13.7. The Morgan fingerprint density at radius 2 is 2.13 bits per heavy atom. The van der Waals surface area contributed by atoms with Crippen molar-refractivity contribution in [1.29, 1.82) is 0 Å². The topological polar surface area (TPSA) is 105 Å². The van der Waals surface area contributed by atoms with Crippen molar-refractivity contribution in [2.24, 2.45) is 0 Å². The second-order valence-corrected chi connectivity index (χ2v) is 5.39. The first-order valence-electron chi connectivity index (χ1n) is 6.68. The van der Waals surface area contributed by atoms with Crippen LogP contribution < -0.4 is 10.6 Å². The maximum Gasteiger partial charge on any atom is 0.328 e. The van der Waals surface area contributed by atoms with Gasteiger partial charge in [-0.1, -0.05) is 28.1 Å². The van der Waals surface area contributed by atoms with Gasteiger partial charge in [0.15, 0.2) is 6.04 Å². The molecule has 1 aromatic rings. The van der Waals surface area contributed by atoms with Crippen molar-refractivity contribution >= 4 is 33.7 Å². The number of nitrogens with one attached hydrogen (secondary N) is 2. The van der Waals surface area contributed by atoms with Gasteiger partial charge in [-0.15, -0.1) is 6.58 Å². The molecule has 1 unspecified atom stereocenters. The summed E-state index contributed by atoms with van der Waals surface area (Å²) in [6.45, 7) is 3.09. The Labute approximate surface area is 141 Å². The largest absolute Gasteiger partial charge is 0.480 e. The summed E-state index contributed by atoms with van der Waals surface area (Å²) in [5.41, 5.74) is 0.385. The molecular formula is C15H17BrN2O5. The van der Waals surface area contributed by atoms with E-state index in [1.54, 1.807) is 24.3 Å². The molecule has 1 aromatic carbocycles. The number of aliphatic carboxylic acids is 1. The number of rotatable bonds is 9. The number of carbonyl (C=O) groups excluding carboxylic acids is 2. The van der Waals surface area contributed by atoms with Gasteiger partial charge in [0.1, 0.15) is 0 Å². The van der Waals surface area contributed by atoms with E-state index in [1.165, 1.54) is 6.08 Å². The minimum absolute atomic E-state index is 0.180. The zero-order valence-corrected chi connectivity index (χ0v) is 13.8. The summed E-state index contributed by atoms with van der Waals surface area (Å²) in [7, 11) is 0. The maximum atomic E-state index is 11.9. The first-order valence-corrected chi connectivity index (χ1v) is 7.48. The van der Waals surface area contributed by atoms with Crippen LogP contribution in [0.25, 0.3) is 0 Å². The van der Waals surface area contributed by atoms with Gasteiger partial charge in [-0.05, 0) is 18.2 Å². The molecule has 0 saturated heterocycles. The highest BCUT2D eigenvalue weighted by Crippen LogP contribution is 2.11. The third-order valence-corrected chi connectivity index (χ3v) is 3.14. The number of halogens is 1. The minimum atomic E-state index is -1.22. The van der Waals surface area contributed by atoms with Crippen LogP contribution in [0.5, 0.6) is 0 Å². The third-order valence-electron chi connectivity index (χ3n) is 2.65. The zero-order valence-electron chi connectivity index (χ0n) is 12.3. The molecule has 3 N–H and O–H groups in total.